The van der Waals surface area contributed by atoms with E-state index in [0.717, 1.165) is 16.2 Å². The van der Waals surface area contributed by atoms with E-state index in [1.165, 1.54) is 12.7 Å². The molecular weight excluding hydrogens is 244 g/mol. The van der Waals surface area contributed by atoms with Crippen molar-refractivity contribution >= 4 is 17.7 Å². The summed E-state index contributed by atoms with van der Waals surface area (Å²) in [6, 6.07) is 0. The number of allylic oxidation sites excluding steroid dienone is 3. The van der Waals surface area contributed by atoms with Crippen molar-refractivity contribution in [2.75, 3.05) is 7.11 Å². The quantitative estimate of drug-likeness (QED) is 0.559. The molecule has 0 bridgehead atoms. The second-order valence-corrected chi connectivity index (χ2v) is 6.47. The maximum Gasteiger partial charge on any atom is 0.310 e. The fourth-order valence-electron chi connectivity index (χ4n) is 1.34. The Morgan fingerprint density at radius 2 is 2.17 bits per heavy atom. The molecule has 0 aliphatic carbocycles. The van der Waals surface area contributed by atoms with Gasteiger partial charge in [-0.05, 0) is 34.1 Å². The molecule has 0 radical (unpaired) electrons. The number of carbonyl (C=O) groups excluding carboxylic acids is 1. The molecule has 0 atom stereocenters. The molecule has 0 aromatic heterocycles. The Bertz CT molecular complexity index is 453. The molecule has 0 unspecified atom stereocenters. The van der Waals surface area contributed by atoms with E-state index in [9.17, 15) is 4.79 Å². The predicted octanol–water partition coefficient (Wildman–Crippen LogP) is 3.89. The highest BCUT2D eigenvalue weighted by atomic mass is 32.2. The van der Waals surface area contributed by atoms with Gasteiger partial charge in [-0.25, -0.2) is 0 Å². The molecule has 0 saturated carbocycles. The Balaban J connectivity index is 2.74. The summed E-state index contributed by atoms with van der Waals surface area (Å²) in [7, 11) is 1.42. The number of esters is 1. The van der Waals surface area contributed by atoms with Crippen molar-refractivity contribution in [3.8, 4) is 11.8 Å². The van der Waals surface area contributed by atoms with Crippen LogP contribution in [-0.2, 0) is 9.53 Å². The molecule has 0 amide bonds. The topological polar surface area (TPSA) is 26.3 Å². The summed E-state index contributed by atoms with van der Waals surface area (Å²) < 4.78 is 4.71. The molecule has 98 valence electrons. The summed E-state index contributed by atoms with van der Waals surface area (Å²) in [5, 5.41) is 0. The Hall–Kier alpha value is -1.14. The number of hydrogen-bond donors (Lipinski definition) is 0. The largest absolute Gasteiger partial charge is 0.469 e. The van der Waals surface area contributed by atoms with E-state index in [2.05, 4.69) is 45.6 Å². The zero-order chi connectivity index (χ0) is 13.8. The van der Waals surface area contributed by atoms with Crippen molar-refractivity contribution in [3.63, 3.8) is 0 Å². The van der Waals surface area contributed by atoms with Gasteiger partial charge >= 0.3 is 5.97 Å². The minimum absolute atomic E-state index is 0.000118. The Morgan fingerprint density at radius 1 is 1.50 bits per heavy atom. The molecule has 0 saturated heterocycles. The van der Waals surface area contributed by atoms with Crippen LogP contribution in [0.25, 0.3) is 0 Å². The summed E-state index contributed by atoms with van der Waals surface area (Å²) in [6.45, 7) is 8.31. The van der Waals surface area contributed by atoms with Crippen LogP contribution in [0.15, 0.2) is 21.5 Å². The average Bonchev–Trinajstić information content (AvgIpc) is 2.29. The number of thioether (sulfide) groups is 1. The van der Waals surface area contributed by atoms with E-state index in [-0.39, 0.29) is 11.4 Å². The molecule has 3 heteroatoms. The monoisotopic (exact) mass is 264 g/mol. The van der Waals surface area contributed by atoms with Crippen LogP contribution in [0.4, 0.5) is 0 Å². The van der Waals surface area contributed by atoms with Crippen LogP contribution in [0.5, 0.6) is 0 Å². The van der Waals surface area contributed by atoms with Gasteiger partial charge in [0, 0.05) is 10.3 Å². The lowest BCUT2D eigenvalue weighted by Gasteiger charge is -2.15. The van der Waals surface area contributed by atoms with Crippen molar-refractivity contribution in [2.45, 2.75) is 40.5 Å². The highest BCUT2D eigenvalue weighted by Crippen LogP contribution is 2.36. The van der Waals surface area contributed by atoms with Crippen LogP contribution >= 0.6 is 11.8 Å². The van der Waals surface area contributed by atoms with Gasteiger partial charge in [-0.3, -0.25) is 4.79 Å². The van der Waals surface area contributed by atoms with Crippen molar-refractivity contribution < 1.29 is 9.53 Å². The van der Waals surface area contributed by atoms with E-state index in [0.29, 0.717) is 6.42 Å². The van der Waals surface area contributed by atoms with Gasteiger partial charge in [0.05, 0.1) is 18.4 Å². The molecule has 0 N–H and O–H groups in total. The third kappa shape index (κ3) is 5.01. The molecule has 0 aromatic rings. The molecule has 1 aliphatic rings. The third-order valence-corrected chi connectivity index (χ3v) is 3.62. The molecule has 0 fully saturated rings. The number of hydrogen-bond acceptors (Lipinski definition) is 3. The summed E-state index contributed by atoms with van der Waals surface area (Å²) >= 11 is 1.59. The van der Waals surface area contributed by atoms with Crippen LogP contribution < -0.4 is 0 Å². The molecule has 1 rings (SSSR count). The van der Waals surface area contributed by atoms with Gasteiger partial charge in [-0.15, -0.1) is 0 Å². The Labute approximate surface area is 114 Å². The van der Waals surface area contributed by atoms with Crippen molar-refractivity contribution in [1.29, 1.82) is 0 Å². The molecule has 2 nitrogen and oxygen atoms in total. The first-order valence-corrected chi connectivity index (χ1v) is 6.80. The van der Waals surface area contributed by atoms with E-state index >= 15 is 0 Å². The van der Waals surface area contributed by atoms with Crippen LogP contribution in [0.1, 0.15) is 40.5 Å². The van der Waals surface area contributed by atoms with E-state index in [1.54, 1.807) is 11.8 Å². The van der Waals surface area contributed by atoms with Crippen molar-refractivity contribution in [2.24, 2.45) is 5.41 Å². The number of carbonyl (C=O) groups is 1. The Morgan fingerprint density at radius 3 is 2.72 bits per heavy atom. The average molecular weight is 264 g/mol. The second-order valence-electron chi connectivity index (χ2n) is 5.33. The molecule has 0 aromatic carbocycles. The minimum Gasteiger partial charge on any atom is -0.469 e. The zero-order valence-corrected chi connectivity index (χ0v) is 12.5. The highest BCUT2D eigenvalue weighted by Gasteiger charge is 2.15. The zero-order valence-electron chi connectivity index (χ0n) is 11.7. The van der Waals surface area contributed by atoms with Gasteiger partial charge in [0.2, 0.25) is 0 Å². The first-order valence-electron chi connectivity index (χ1n) is 5.98. The lowest BCUT2D eigenvalue weighted by Crippen LogP contribution is -2.04. The summed E-state index contributed by atoms with van der Waals surface area (Å²) in [5.74, 6) is 6.21. The first kappa shape index (κ1) is 14.9. The number of methoxy groups -OCH3 is 1. The SMILES string of the molecule is COC(=O)CC1=C(C)CC=C(C#CC(C)(C)C)S1. The normalized spacial score (nSPS) is 15.7. The molecule has 0 spiro atoms. The Kier molecular flexibility index (Phi) is 5.10. The van der Waals surface area contributed by atoms with Gasteiger partial charge in [0.15, 0.2) is 0 Å². The molecule has 1 heterocycles. The van der Waals surface area contributed by atoms with E-state index < -0.39 is 0 Å². The molecular formula is C15H20O2S. The summed E-state index contributed by atoms with van der Waals surface area (Å²) in [5.41, 5.74) is 1.23. The van der Waals surface area contributed by atoms with Crippen LogP contribution in [0.3, 0.4) is 0 Å². The fourth-order valence-corrected chi connectivity index (χ4v) is 2.32. The van der Waals surface area contributed by atoms with E-state index in [1.807, 2.05) is 0 Å². The maximum atomic E-state index is 11.3. The lowest BCUT2D eigenvalue weighted by atomic mass is 9.98. The molecule has 1 aliphatic heterocycles. The molecule has 18 heavy (non-hydrogen) atoms. The standard InChI is InChI=1S/C15H20O2S/c1-11-6-7-12(8-9-15(2,3)4)18-13(11)10-14(16)17-5/h7H,6,10H2,1-5H3. The van der Waals surface area contributed by atoms with Crippen molar-refractivity contribution in [3.05, 3.63) is 21.5 Å². The lowest BCUT2D eigenvalue weighted by molar-refractivity contribution is -0.139. The number of rotatable bonds is 2. The van der Waals surface area contributed by atoms with Crippen LogP contribution in [0, 0.1) is 17.3 Å². The van der Waals surface area contributed by atoms with E-state index in [4.69, 9.17) is 4.74 Å². The van der Waals surface area contributed by atoms with Gasteiger partial charge < -0.3 is 4.74 Å². The van der Waals surface area contributed by atoms with Crippen LogP contribution in [0.2, 0.25) is 0 Å². The second kappa shape index (κ2) is 6.15. The maximum absolute atomic E-state index is 11.3. The van der Waals surface area contributed by atoms with Gasteiger partial charge in [0.25, 0.3) is 0 Å². The third-order valence-electron chi connectivity index (χ3n) is 2.40. The van der Waals surface area contributed by atoms with Gasteiger partial charge in [0.1, 0.15) is 0 Å². The minimum atomic E-state index is -0.193. The van der Waals surface area contributed by atoms with Crippen molar-refractivity contribution in [1.82, 2.24) is 0 Å². The smallest absolute Gasteiger partial charge is 0.310 e. The summed E-state index contributed by atoms with van der Waals surface area (Å²) in [4.78, 5) is 13.4. The predicted molar refractivity (Wildman–Crippen MR) is 76.9 cm³/mol. The van der Waals surface area contributed by atoms with Crippen LogP contribution in [-0.4, -0.2) is 13.1 Å². The fraction of sp³-hybridized carbons (Fsp3) is 0.533. The highest BCUT2D eigenvalue weighted by molar-refractivity contribution is 8.07. The number of ether oxygens (including phenoxy) is 1. The first-order chi connectivity index (χ1) is 8.31. The summed E-state index contributed by atoms with van der Waals surface area (Å²) in [6.07, 6.45) is 3.34. The van der Waals surface area contributed by atoms with Gasteiger partial charge in [-0.1, -0.05) is 35.3 Å². The van der Waals surface area contributed by atoms with Gasteiger partial charge in [-0.2, -0.15) is 0 Å².